The summed E-state index contributed by atoms with van der Waals surface area (Å²) in [6.45, 7) is 4.97. The van der Waals surface area contributed by atoms with Gasteiger partial charge in [-0.05, 0) is 44.7 Å². The van der Waals surface area contributed by atoms with E-state index in [1.165, 1.54) is 12.8 Å². The van der Waals surface area contributed by atoms with E-state index >= 15 is 0 Å². The van der Waals surface area contributed by atoms with Gasteiger partial charge < -0.3 is 4.90 Å². The molecular formula is C13H17ClN2O2. The lowest BCUT2D eigenvalue weighted by molar-refractivity contribution is -0.384. The Bertz CT molecular complexity index is 458. The largest absolute Gasteiger partial charge is 0.363 e. The van der Waals surface area contributed by atoms with E-state index in [0.29, 0.717) is 11.6 Å². The molecule has 0 heterocycles. The maximum Gasteiger partial charge on any atom is 0.310 e. The number of rotatable bonds is 5. The zero-order chi connectivity index (χ0) is 13.3. The second-order valence-electron chi connectivity index (χ2n) is 5.05. The van der Waals surface area contributed by atoms with Gasteiger partial charge in [0, 0.05) is 12.6 Å². The standard InChI is InChI=1S/C13H17ClN2O2/c1-9(2)15(8-10-6-7-10)12-5-3-4-11(14)13(12)16(17)18/h3-5,9-10H,6-8H2,1-2H3. The van der Waals surface area contributed by atoms with Crippen molar-refractivity contribution in [3.63, 3.8) is 0 Å². The molecule has 0 aliphatic heterocycles. The summed E-state index contributed by atoms with van der Waals surface area (Å²) in [4.78, 5) is 12.9. The van der Waals surface area contributed by atoms with Gasteiger partial charge in [-0.1, -0.05) is 17.7 Å². The smallest absolute Gasteiger partial charge is 0.310 e. The summed E-state index contributed by atoms with van der Waals surface area (Å²) in [6, 6.07) is 5.35. The molecule has 0 unspecified atom stereocenters. The first kappa shape index (κ1) is 13.1. The summed E-state index contributed by atoms with van der Waals surface area (Å²) >= 11 is 5.96. The van der Waals surface area contributed by atoms with Crippen LogP contribution in [0.15, 0.2) is 18.2 Å². The van der Waals surface area contributed by atoms with E-state index in [1.807, 2.05) is 13.8 Å². The topological polar surface area (TPSA) is 46.4 Å². The highest BCUT2D eigenvalue weighted by molar-refractivity contribution is 6.33. The van der Waals surface area contributed by atoms with Gasteiger partial charge in [0.25, 0.3) is 0 Å². The van der Waals surface area contributed by atoms with Gasteiger partial charge in [0.2, 0.25) is 0 Å². The fourth-order valence-corrected chi connectivity index (χ4v) is 2.32. The predicted octanol–water partition coefficient (Wildman–Crippen LogP) is 3.87. The minimum atomic E-state index is -0.389. The van der Waals surface area contributed by atoms with Crippen LogP contribution >= 0.6 is 11.6 Å². The molecule has 0 radical (unpaired) electrons. The van der Waals surface area contributed by atoms with Gasteiger partial charge in [-0.15, -0.1) is 0 Å². The van der Waals surface area contributed by atoms with Crippen LogP contribution < -0.4 is 4.90 Å². The normalized spacial score (nSPS) is 14.9. The van der Waals surface area contributed by atoms with Gasteiger partial charge >= 0.3 is 5.69 Å². The molecule has 0 saturated heterocycles. The monoisotopic (exact) mass is 268 g/mol. The molecule has 18 heavy (non-hydrogen) atoms. The van der Waals surface area contributed by atoms with E-state index < -0.39 is 0 Å². The number of halogens is 1. The van der Waals surface area contributed by atoms with Crippen molar-refractivity contribution < 1.29 is 4.92 Å². The van der Waals surface area contributed by atoms with Gasteiger partial charge in [0.1, 0.15) is 10.7 Å². The highest BCUT2D eigenvalue weighted by atomic mass is 35.5. The van der Waals surface area contributed by atoms with Crippen LogP contribution in [-0.4, -0.2) is 17.5 Å². The summed E-state index contributed by atoms with van der Waals surface area (Å²) in [5.41, 5.74) is 0.655. The van der Waals surface area contributed by atoms with E-state index in [9.17, 15) is 10.1 Å². The number of benzene rings is 1. The SMILES string of the molecule is CC(C)N(CC1CC1)c1cccc(Cl)c1[N+](=O)[O-]. The highest BCUT2D eigenvalue weighted by Crippen LogP contribution is 2.38. The van der Waals surface area contributed by atoms with Crippen LogP contribution in [0.25, 0.3) is 0 Å². The molecule has 0 N–H and O–H groups in total. The number of nitro groups is 1. The summed E-state index contributed by atoms with van der Waals surface area (Å²) in [6.07, 6.45) is 2.44. The third-order valence-corrected chi connectivity index (χ3v) is 3.54. The van der Waals surface area contributed by atoms with Crippen molar-refractivity contribution in [3.05, 3.63) is 33.3 Å². The van der Waals surface area contributed by atoms with E-state index in [4.69, 9.17) is 11.6 Å². The van der Waals surface area contributed by atoms with E-state index in [2.05, 4.69) is 4.90 Å². The van der Waals surface area contributed by atoms with Crippen molar-refractivity contribution in [2.45, 2.75) is 32.7 Å². The van der Waals surface area contributed by atoms with Crippen molar-refractivity contribution in [1.29, 1.82) is 0 Å². The van der Waals surface area contributed by atoms with Crippen LogP contribution in [0.1, 0.15) is 26.7 Å². The number of para-hydroxylation sites is 1. The fourth-order valence-electron chi connectivity index (χ4n) is 2.08. The van der Waals surface area contributed by atoms with Gasteiger partial charge in [-0.3, -0.25) is 10.1 Å². The maximum absolute atomic E-state index is 11.2. The lowest BCUT2D eigenvalue weighted by Gasteiger charge is -2.28. The molecule has 1 aromatic carbocycles. The van der Waals surface area contributed by atoms with Gasteiger partial charge in [0.05, 0.1) is 4.92 Å². The van der Waals surface area contributed by atoms with Crippen LogP contribution in [0.4, 0.5) is 11.4 Å². The van der Waals surface area contributed by atoms with Crippen LogP contribution in [0, 0.1) is 16.0 Å². The zero-order valence-electron chi connectivity index (χ0n) is 10.6. The Morgan fingerprint density at radius 3 is 2.67 bits per heavy atom. The fraction of sp³-hybridized carbons (Fsp3) is 0.538. The first-order valence-electron chi connectivity index (χ1n) is 6.20. The van der Waals surface area contributed by atoms with E-state index in [0.717, 1.165) is 6.54 Å². The summed E-state index contributed by atoms with van der Waals surface area (Å²) in [7, 11) is 0. The first-order chi connectivity index (χ1) is 8.50. The van der Waals surface area contributed by atoms with Crippen molar-refractivity contribution >= 4 is 23.0 Å². The third-order valence-electron chi connectivity index (χ3n) is 3.23. The van der Waals surface area contributed by atoms with Crippen molar-refractivity contribution in [2.75, 3.05) is 11.4 Å². The lowest BCUT2D eigenvalue weighted by Crippen LogP contribution is -2.33. The molecule has 98 valence electrons. The molecule has 1 aliphatic rings. The van der Waals surface area contributed by atoms with E-state index in [1.54, 1.807) is 18.2 Å². The molecule has 1 saturated carbocycles. The Morgan fingerprint density at radius 1 is 1.50 bits per heavy atom. The molecule has 0 spiro atoms. The number of nitrogens with zero attached hydrogens (tertiary/aromatic N) is 2. The van der Waals surface area contributed by atoms with Crippen LogP contribution in [-0.2, 0) is 0 Å². The number of anilines is 1. The van der Waals surface area contributed by atoms with Crippen molar-refractivity contribution in [2.24, 2.45) is 5.92 Å². The van der Waals surface area contributed by atoms with Crippen molar-refractivity contribution in [1.82, 2.24) is 0 Å². The Hall–Kier alpha value is -1.29. The highest BCUT2D eigenvalue weighted by Gasteiger charge is 2.30. The number of hydrogen-bond acceptors (Lipinski definition) is 3. The molecular weight excluding hydrogens is 252 g/mol. The van der Waals surface area contributed by atoms with E-state index in [-0.39, 0.29) is 21.7 Å². The summed E-state index contributed by atoms with van der Waals surface area (Å²) < 4.78 is 0. The molecule has 1 fully saturated rings. The molecule has 0 bridgehead atoms. The molecule has 1 aromatic rings. The van der Waals surface area contributed by atoms with Gasteiger partial charge in [0.15, 0.2) is 0 Å². The number of nitro benzene ring substituents is 1. The van der Waals surface area contributed by atoms with Gasteiger partial charge in [-0.25, -0.2) is 0 Å². The molecule has 5 heteroatoms. The second kappa shape index (κ2) is 5.14. The quantitative estimate of drug-likeness (QED) is 0.601. The molecule has 0 atom stereocenters. The minimum Gasteiger partial charge on any atom is -0.363 e. The minimum absolute atomic E-state index is 0.0218. The van der Waals surface area contributed by atoms with Gasteiger partial charge in [-0.2, -0.15) is 0 Å². The maximum atomic E-state index is 11.2. The average Bonchev–Trinajstić information content (AvgIpc) is 3.08. The van der Waals surface area contributed by atoms with Crippen molar-refractivity contribution in [3.8, 4) is 0 Å². The average molecular weight is 269 g/mol. The van der Waals surface area contributed by atoms with Crippen LogP contribution in [0.3, 0.4) is 0 Å². The lowest BCUT2D eigenvalue weighted by atomic mass is 10.2. The summed E-state index contributed by atoms with van der Waals surface area (Å²) in [5, 5.41) is 11.4. The zero-order valence-corrected chi connectivity index (χ0v) is 11.4. The second-order valence-corrected chi connectivity index (χ2v) is 5.46. The molecule has 0 amide bonds. The first-order valence-corrected chi connectivity index (χ1v) is 6.58. The molecule has 2 rings (SSSR count). The predicted molar refractivity (Wildman–Crippen MR) is 73.3 cm³/mol. The summed E-state index contributed by atoms with van der Waals surface area (Å²) in [5.74, 6) is 0.672. The number of hydrogen-bond donors (Lipinski definition) is 0. The molecule has 0 aromatic heterocycles. The van der Waals surface area contributed by atoms with Crippen LogP contribution in [0.5, 0.6) is 0 Å². The van der Waals surface area contributed by atoms with Crippen LogP contribution in [0.2, 0.25) is 5.02 Å². The molecule has 1 aliphatic carbocycles. The Labute approximate surface area is 112 Å². The Kier molecular flexibility index (Phi) is 3.76. The Balaban J connectivity index is 2.39. The third kappa shape index (κ3) is 2.75. The molecule has 4 nitrogen and oxygen atoms in total. The Morgan fingerprint density at radius 2 is 2.17 bits per heavy atom.